The first-order valence-electron chi connectivity index (χ1n) is 16.3. The Morgan fingerprint density at radius 1 is 0.660 bits per heavy atom. The van der Waals surface area contributed by atoms with E-state index in [1.54, 1.807) is 26.0 Å². The van der Waals surface area contributed by atoms with Gasteiger partial charge in [0.1, 0.15) is 24.2 Å². The maximum atomic E-state index is 13.8. The van der Waals surface area contributed by atoms with Crippen LogP contribution in [0.25, 0.3) is 0 Å². The van der Waals surface area contributed by atoms with Gasteiger partial charge in [-0.05, 0) is 61.6 Å². The molecule has 0 heterocycles. The summed E-state index contributed by atoms with van der Waals surface area (Å²) < 4.78 is 0. The van der Waals surface area contributed by atoms with Gasteiger partial charge in [0.15, 0.2) is 0 Å². The minimum absolute atomic E-state index is 0.0140. The fourth-order valence-corrected chi connectivity index (χ4v) is 5.08. The van der Waals surface area contributed by atoms with Crippen LogP contribution in [0.4, 0.5) is 0 Å². The Bertz CT molecular complexity index is 1290. The van der Waals surface area contributed by atoms with Gasteiger partial charge >= 0.3 is 5.97 Å². The SMILES string of the molecule is CC(C)CC(NC(=O)C(NC(=O)C(Cc1ccccc1)NC(=O)C(CCCCN)NC(=O)C(N)Cc1ccccc1)C(C)C)C(=O)O. The molecule has 0 aliphatic heterocycles. The first-order valence-corrected chi connectivity index (χ1v) is 16.3. The quantitative estimate of drug-likeness (QED) is 0.105. The standard InChI is InChI=1S/C35H52N6O6/c1-22(2)19-29(35(46)47)40-34(45)30(23(3)4)41-33(44)28(21-25-15-9-6-10-16-25)39-32(43)27(17-11-12-18-36)38-31(42)26(37)20-24-13-7-5-8-14-24/h5-10,13-16,22-23,26-30H,11-12,17-21,36-37H2,1-4H3,(H,38,42)(H,39,43)(H,40,45)(H,41,44)(H,46,47). The van der Waals surface area contributed by atoms with Crippen LogP contribution >= 0.6 is 0 Å². The Morgan fingerprint density at radius 2 is 1.17 bits per heavy atom. The Kier molecular flexibility index (Phi) is 16.6. The molecule has 5 atom stereocenters. The van der Waals surface area contributed by atoms with Crippen molar-refractivity contribution in [1.29, 1.82) is 0 Å². The van der Waals surface area contributed by atoms with E-state index >= 15 is 0 Å². The number of carbonyl (C=O) groups is 5. The van der Waals surface area contributed by atoms with E-state index in [-0.39, 0.29) is 31.6 Å². The molecular weight excluding hydrogens is 600 g/mol. The largest absolute Gasteiger partial charge is 0.480 e. The lowest BCUT2D eigenvalue weighted by atomic mass is 9.99. The molecule has 2 rings (SSSR count). The van der Waals surface area contributed by atoms with Crippen LogP contribution in [0.2, 0.25) is 0 Å². The van der Waals surface area contributed by atoms with Crippen molar-refractivity contribution in [3.8, 4) is 0 Å². The van der Waals surface area contributed by atoms with Gasteiger partial charge in [0, 0.05) is 6.42 Å². The van der Waals surface area contributed by atoms with Crippen molar-refractivity contribution in [2.75, 3.05) is 6.54 Å². The van der Waals surface area contributed by atoms with Crippen LogP contribution in [0.1, 0.15) is 64.5 Å². The molecule has 0 aliphatic rings. The van der Waals surface area contributed by atoms with Crippen molar-refractivity contribution >= 4 is 29.6 Å². The summed E-state index contributed by atoms with van der Waals surface area (Å²) in [4.78, 5) is 65.6. The van der Waals surface area contributed by atoms with Crippen LogP contribution in [0.15, 0.2) is 60.7 Å². The molecule has 4 amide bonds. The molecule has 12 nitrogen and oxygen atoms in total. The molecule has 0 saturated carbocycles. The second-order valence-corrected chi connectivity index (χ2v) is 12.7. The van der Waals surface area contributed by atoms with Crippen molar-refractivity contribution in [2.45, 2.75) is 96.4 Å². The highest BCUT2D eigenvalue weighted by Gasteiger charge is 2.33. The number of nitrogens with one attached hydrogen (secondary N) is 4. The number of carbonyl (C=O) groups excluding carboxylic acids is 4. The summed E-state index contributed by atoms with van der Waals surface area (Å²) in [6.45, 7) is 7.57. The molecule has 0 fully saturated rings. The minimum atomic E-state index is -1.17. The van der Waals surface area contributed by atoms with E-state index in [1.165, 1.54) is 0 Å². The zero-order chi connectivity index (χ0) is 34.9. The molecule has 0 radical (unpaired) electrons. The molecule has 2 aromatic carbocycles. The lowest BCUT2D eigenvalue weighted by molar-refractivity contribution is -0.143. The van der Waals surface area contributed by atoms with Crippen LogP contribution in [0.3, 0.4) is 0 Å². The number of benzene rings is 2. The number of hydrogen-bond donors (Lipinski definition) is 7. The van der Waals surface area contributed by atoms with Gasteiger partial charge in [-0.25, -0.2) is 4.79 Å². The molecule has 0 spiro atoms. The van der Waals surface area contributed by atoms with Crippen LogP contribution in [0.5, 0.6) is 0 Å². The van der Waals surface area contributed by atoms with Crippen LogP contribution in [0, 0.1) is 11.8 Å². The number of rotatable bonds is 20. The van der Waals surface area contributed by atoms with Crippen LogP contribution in [-0.2, 0) is 36.8 Å². The monoisotopic (exact) mass is 652 g/mol. The van der Waals surface area contributed by atoms with Gasteiger partial charge in [0.2, 0.25) is 23.6 Å². The summed E-state index contributed by atoms with van der Waals surface area (Å²) in [6.07, 6.45) is 2.06. The van der Waals surface area contributed by atoms with E-state index in [9.17, 15) is 29.1 Å². The maximum Gasteiger partial charge on any atom is 0.326 e. The van der Waals surface area contributed by atoms with E-state index in [0.29, 0.717) is 19.4 Å². The predicted molar refractivity (Wildman–Crippen MR) is 181 cm³/mol. The summed E-state index contributed by atoms with van der Waals surface area (Å²) in [7, 11) is 0. The van der Waals surface area contributed by atoms with Crippen molar-refractivity contribution in [3.05, 3.63) is 71.8 Å². The number of nitrogens with two attached hydrogens (primary N) is 2. The van der Waals surface area contributed by atoms with Gasteiger partial charge in [0.05, 0.1) is 6.04 Å². The Morgan fingerprint density at radius 3 is 1.68 bits per heavy atom. The van der Waals surface area contributed by atoms with Crippen molar-refractivity contribution in [3.63, 3.8) is 0 Å². The average molecular weight is 653 g/mol. The number of amides is 4. The normalized spacial score (nSPS) is 14.4. The number of hydrogen-bond acceptors (Lipinski definition) is 7. The summed E-state index contributed by atoms with van der Waals surface area (Å²) in [5.74, 6) is -3.88. The molecular formula is C35H52N6O6. The predicted octanol–water partition coefficient (Wildman–Crippen LogP) is 1.65. The van der Waals surface area contributed by atoms with Gasteiger partial charge in [-0.3, -0.25) is 19.2 Å². The smallest absolute Gasteiger partial charge is 0.326 e. The summed E-state index contributed by atoms with van der Waals surface area (Å²) in [6, 6.07) is 13.2. The van der Waals surface area contributed by atoms with E-state index < -0.39 is 65.7 Å². The summed E-state index contributed by atoms with van der Waals surface area (Å²) >= 11 is 0. The van der Waals surface area contributed by atoms with Crippen molar-refractivity contribution in [2.24, 2.45) is 23.3 Å². The van der Waals surface area contributed by atoms with Gasteiger partial charge in [-0.2, -0.15) is 0 Å². The Labute approximate surface area is 277 Å². The molecule has 2 aromatic rings. The fourth-order valence-electron chi connectivity index (χ4n) is 5.08. The number of carboxylic acids is 1. The number of aliphatic carboxylic acids is 1. The molecule has 0 aliphatic carbocycles. The van der Waals surface area contributed by atoms with E-state index in [0.717, 1.165) is 11.1 Å². The molecule has 12 heteroatoms. The van der Waals surface area contributed by atoms with E-state index in [4.69, 9.17) is 11.5 Å². The third kappa shape index (κ3) is 13.9. The second kappa shape index (κ2) is 20.1. The lowest BCUT2D eigenvalue weighted by Crippen LogP contribution is -2.60. The van der Waals surface area contributed by atoms with Crippen molar-refractivity contribution < 1.29 is 29.1 Å². The summed E-state index contributed by atoms with van der Waals surface area (Å²) in [5.41, 5.74) is 13.5. The van der Waals surface area contributed by atoms with Crippen molar-refractivity contribution in [1.82, 2.24) is 21.3 Å². The number of unbranched alkanes of at least 4 members (excludes halogenated alkanes) is 1. The second-order valence-electron chi connectivity index (χ2n) is 12.7. The lowest BCUT2D eigenvalue weighted by Gasteiger charge is -2.28. The molecule has 0 saturated heterocycles. The molecule has 0 aromatic heterocycles. The Hall–Kier alpha value is -4.29. The zero-order valence-electron chi connectivity index (χ0n) is 27.9. The molecule has 9 N–H and O–H groups in total. The molecule has 47 heavy (non-hydrogen) atoms. The average Bonchev–Trinajstić information content (AvgIpc) is 3.02. The third-order valence-electron chi connectivity index (χ3n) is 7.70. The first kappa shape index (κ1) is 38.9. The fraction of sp³-hybridized carbons (Fsp3) is 0.514. The molecule has 0 bridgehead atoms. The minimum Gasteiger partial charge on any atom is -0.480 e. The topological polar surface area (TPSA) is 206 Å². The third-order valence-corrected chi connectivity index (χ3v) is 7.70. The highest BCUT2D eigenvalue weighted by molar-refractivity contribution is 5.95. The molecule has 258 valence electrons. The highest BCUT2D eigenvalue weighted by atomic mass is 16.4. The van der Waals surface area contributed by atoms with Crippen LogP contribution < -0.4 is 32.7 Å². The van der Waals surface area contributed by atoms with Gasteiger partial charge in [-0.1, -0.05) is 88.4 Å². The first-order chi connectivity index (χ1) is 22.3. The van der Waals surface area contributed by atoms with E-state index in [2.05, 4.69) is 21.3 Å². The molecule has 5 unspecified atom stereocenters. The van der Waals surface area contributed by atoms with Crippen LogP contribution in [-0.4, -0.2) is 71.5 Å². The summed E-state index contributed by atoms with van der Waals surface area (Å²) in [5, 5.41) is 20.5. The highest BCUT2D eigenvalue weighted by Crippen LogP contribution is 2.11. The zero-order valence-corrected chi connectivity index (χ0v) is 27.9. The number of carboxylic acid groups (broad SMARTS) is 1. The van der Waals surface area contributed by atoms with Gasteiger partial charge in [0.25, 0.3) is 0 Å². The van der Waals surface area contributed by atoms with Gasteiger partial charge < -0.3 is 37.8 Å². The van der Waals surface area contributed by atoms with E-state index in [1.807, 2.05) is 62.4 Å². The Balaban J connectivity index is 2.27. The maximum absolute atomic E-state index is 13.8. The van der Waals surface area contributed by atoms with Gasteiger partial charge in [-0.15, -0.1) is 0 Å².